The van der Waals surface area contributed by atoms with Crippen molar-refractivity contribution in [2.24, 2.45) is 4.99 Å². The Balaban J connectivity index is 1.33. The molecule has 0 bridgehead atoms. The maximum atomic E-state index is 10.6. The number of hydrogen-bond donors (Lipinski definition) is 3. The minimum absolute atomic E-state index is 0.385. The second-order valence-corrected chi connectivity index (χ2v) is 8.02. The molecule has 0 spiro atoms. The molecule has 5 nitrogen and oxygen atoms in total. The van der Waals surface area contributed by atoms with Gasteiger partial charge >= 0.3 is 0 Å². The van der Waals surface area contributed by atoms with Gasteiger partial charge in [-0.1, -0.05) is 36.4 Å². The molecule has 4 rings (SSSR count). The van der Waals surface area contributed by atoms with Crippen LogP contribution < -0.4 is 15.4 Å². The van der Waals surface area contributed by atoms with Crippen LogP contribution in [0.4, 0.5) is 0 Å². The van der Waals surface area contributed by atoms with Crippen LogP contribution >= 0.6 is 11.3 Å². The van der Waals surface area contributed by atoms with Crippen molar-refractivity contribution in [2.75, 3.05) is 26.7 Å². The molecule has 0 saturated heterocycles. The van der Waals surface area contributed by atoms with Crippen molar-refractivity contribution >= 4 is 27.4 Å². The molecule has 0 aliphatic carbocycles. The average Bonchev–Trinajstić information content (AvgIpc) is 3.18. The molecule has 2 unspecified atom stereocenters. The first-order valence-electron chi connectivity index (χ1n) is 9.57. The smallest absolute Gasteiger partial charge is 0.191 e. The summed E-state index contributed by atoms with van der Waals surface area (Å²) in [7, 11) is 1.75. The zero-order chi connectivity index (χ0) is 19.3. The van der Waals surface area contributed by atoms with E-state index in [0.717, 1.165) is 30.2 Å². The number of aliphatic hydroxyl groups excluding tert-OH is 1. The first-order chi connectivity index (χ1) is 13.7. The van der Waals surface area contributed by atoms with E-state index in [2.05, 4.69) is 46.0 Å². The Hall–Kier alpha value is -2.57. The van der Waals surface area contributed by atoms with Gasteiger partial charge in [0.15, 0.2) is 5.96 Å². The van der Waals surface area contributed by atoms with E-state index in [-0.39, 0.29) is 0 Å². The van der Waals surface area contributed by atoms with E-state index in [0.29, 0.717) is 18.4 Å². The summed E-state index contributed by atoms with van der Waals surface area (Å²) in [6.45, 7) is 1.93. The zero-order valence-corrected chi connectivity index (χ0v) is 16.7. The van der Waals surface area contributed by atoms with Crippen LogP contribution in [0.5, 0.6) is 5.75 Å². The van der Waals surface area contributed by atoms with Crippen LogP contribution in [0.25, 0.3) is 10.1 Å². The topological polar surface area (TPSA) is 65.9 Å². The lowest BCUT2D eigenvalue weighted by atomic mass is 9.93. The van der Waals surface area contributed by atoms with Crippen LogP contribution in [0.1, 0.15) is 28.9 Å². The number of hydrogen-bond acceptors (Lipinski definition) is 4. The van der Waals surface area contributed by atoms with Crippen LogP contribution in [0.2, 0.25) is 0 Å². The van der Waals surface area contributed by atoms with Gasteiger partial charge in [0.1, 0.15) is 11.9 Å². The van der Waals surface area contributed by atoms with Crippen molar-refractivity contribution in [3.8, 4) is 5.75 Å². The molecule has 2 heterocycles. The third-order valence-electron chi connectivity index (χ3n) is 5.06. The molecule has 6 heteroatoms. The summed E-state index contributed by atoms with van der Waals surface area (Å²) in [5.74, 6) is 2.06. The Morgan fingerprint density at radius 1 is 1.21 bits per heavy atom. The highest BCUT2D eigenvalue weighted by atomic mass is 32.1. The SMILES string of the molecule is CN=C(NCC(O)c1cc2ccccc2s1)NCC1CCOc2ccccc21. The fourth-order valence-corrected chi connectivity index (χ4v) is 4.58. The number of nitrogens with zero attached hydrogens (tertiary/aromatic N) is 1. The molecule has 3 N–H and O–H groups in total. The molecule has 0 fully saturated rings. The second kappa shape index (κ2) is 8.63. The molecule has 146 valence electrons. The van der Waals surface area contributed by atoms with Crippen LogP contribution in [0.3, 0.4) is 0 Å². The molecule has 0 saturated carbocycles. The molecule has 1 aromatic heterocycles. The van der Waals surface area contributed by atoms with Gasteiger partial charge in [0.2, 0.25) is 0 Å². The van der Waals surface area contributed by atoms with Gasteiger partial charge in [-0.3, -0.25) is 4.99 Å². The minimum atomic E-state index is -0.570. The summed E-state index contributed by atoms with van der Waals surface area (Å²) in [5, 5.41) is 18.4. The Kier molecular flexibility index (Phi) is 5.78. The molecule has 1 aliphatic rings. The number of ether oxygens (including phenoxy) is 1. The van der Waals surface area contributed by atoms with Gasteiger partial charge in [0, 0.05) is 35.6 Å². The second-order valence-electron chi connectivity index (χ2n) is 6.91. The number of aliphatic hydroxyl groups is 1. The maximum absolute atomic E-state index is 10.6. The number of benzene rings is 2. The normalized spacial score (nSPS) is 17.6. The highest BCUT2D eigenvalue weighted by Gasteiger charge is 2.21. The van der Waals surface area contributed by atoms with Gasteiger partial charge in [0.25, 0.3) is 0 Å². The molecular weight excluding hydrogens is 370 g/mol. The van der Waals surface area contributed by atoms with Crippen molar-refractivity contribution in [2.45, 2.75) is 18.4 Å². The number of guanidine groups is 1. The van der Waals surface area contributed by atoms with Crippen molar-refractivity contribution in [1.82, 2.24) is 10.6 Å². The van der Waals surface area contributed by atoms with E-state index >= 15 is 0 Å². The monoisotopic (exact) mass is 395 g/mol. The number of nitrogens with one attached hydrogen (secondary N) is 2. The van der Waals surface area contributed by atoms with Crippen LogP contribution in [-0.4, -0.2) is 37.8 Å². The lowest BCUT2D eigenvalue weighted by Gasteiger charge is -2.26. The van der Waals surface area contributed by atoms with E-state index in [1.807, 2.05) is 24.3 Å². The average molecular weight is 396 g/mol. The summed E-state index contributed by atoms with van der Waals surface area (Å²) in [5.41, 5.74) is 1.24. The molecular formula is C22H25N3O2S. The van der Waals surface area contributed by atoms with Gasteiger partial charge in [-0.15, -0.1) is 11.3 Å². The molecule has 0 amide bonds. The fraction of sp³-hybridized carbons (Fsp3) is 0.318. The molecule has 3 aromatic rings. The van der Waals surface area contributed by atoms with Gasteiger partial charge in [-0.25, -0.2) is 0 Å². The first kappa shape index (κ1) is 18.8. The Labute approximate surface area is 169 Å². The van der Waals surface area contributed by atoms with E-state index in [1.54, 1.807) is 18.4 Å². The largest absolute Gasteiger partial charge is 0.493 e. The number of rotatable bonds is 5. The molecule has 0 radical (unpaired) electrons. The van der Waals surface area contributed by atoms with Crippen molar-refractivity contribution in [3.05, 3.63) is 65.0 Å². The summed E-state index contributed by atoms with van der Waals surface area (Å²) >= 11 is 1.63. The summed E-state index contributed by atoms with van der Waals surface area (Å²) < 4.78 is 6.93. The maximum Gasteiger partial charge on any atom is 0.191 e. The number of thiophene rings is 1. The predicted molar refractivity (Wildman–Crippen MR) is 115 cm³/mol. The fourth-order valence-electron chi connectivity index (χ4n) is 3.53. The standard InChI is InChI=1S/C22H25N3O2S/c1-23-22(24-13-16-10-11-27-19-8-4-3-7-17(16)19)25-14-18(26)21-12-15-6-2-5-9-20(15)28-21/h2-9,12,16,18,26H,10-11,13-14H2,1H3,(H2,23,24,25). The highest BCUT2D eigenvalue weighted by molar-refractivity contribution is 7.19. The van der Waals surface area contributed by atoms with Crippen molar-refractivity contribution in [1.29, 1.82) is 0 Å². The molecule has 1 aliphatic heterocycles. The van der Waals surface area contributed by atoms with Crippen molar-refractivity contribution < 1.29 is 9.84 Å². The third kappa shape index (κ3) is 4.13. The molecule has 2 aromatic carbocycles. The third-order valence-corrected chi connectivity index (χ3v) is 6.28. The number of para-hydroxylation sites is 1. The van der Waals surface area contributed by atoms with Gasteiger partial charge < -0.3 is 20.5 Å². The van der Waals surface area contributed by atoms with E-state index in [1.165, 1.54) is 15.6 Å². The lowest BCUT2D eigenvalue weighted by molar-refractivity contribution is 0.184. The Bertz CT molecular complexity index is 936. The predicted octanol–water partition coefficient (Wildman–Crippen LogP) is 3.67. The lowest BCUT2D eigenvalue weighted by Crippen LogP contribution is -2.41. The van der Waals surface area contributed by atoms with E-state index in [9.17, 15) is 5.11 Å². The number of fused-ring (bicyclic) bond motifs is 2. The molecule has 2 atom stereocenters. The summed E-state index contributed by atoms with van der Waals surface area (Å²) in [6, 6.07) is 18.5. The Morgan fingerprint density at radius 2 is 2.04 bits per heavy atom. The van der Waals surface area contributed by atoms with Gasteiger partial charge in [-0.2, -0.15) is 0 Å². The van der Waals surface area contributed by atoms with Crippen LogP contribution in [-0.2, 0) is 0 Å². The van der Waals surface area contributed by atoms with E-state index in [4.69, 9.17) is 4.74 Å². The summed E-state index contributed by atoms with van der Waals surface area (Å²) in [4.78, 5) is 5.25. The quantitative estimate of drug-likeness (QED) is 0.456. The first-order valence-corrected chi connectivity index (χ1v) is 10.4. The highest BCUT2D eigenvalue weighted by Crippen LogP contribution is 2.33. The minimum Gasteiger partial charge on any atom is -0.493 e. The van der Waals surface area contributed by atoms with Gasteiger partial charge in [-0.05, 0) is 35.6 Å². The summed E-state index contributed by atoms with van der Waals surface area (Å²) in [6.07, 6.45) is 0.408. The van der Waals surface area contributed by atoms with Gasteiger partial charge in [0.05, 0.1) is 6.61 Å². The van der Waals surface area contributed by atoms with Crippen LogP contribution in [0, 0.1) is 0 Å². The van der Waals surface area contributed by atoms with E-state index < -0.39 is 6.10 Å². The number of aliphatic imine (C=N–C) groups is 1. The molecule has 28 heavy (non-hydrogen) atoms. The Morgan fingerprint density at radius 3 is 2.89 bits per heavy atom. The zero-order valence-electron chi connectivity index (χ0n) is 15.9. The van der Waals surface area contributed by atoms with Crippen LogP contribution in [0.15, 0.2) is 59.6 Å². The van der Waals surface area contributed by atoms with Crippen molar-refractivity contribution in [3.63, 3.8) is 0 Å².